The van der Waals surface area contributed by atoms with Crippen molar-refractivity contribution in [1.29, 1.82) is 0 Å². The number of carbonyl (C=O) groups is 1. The fourth-order valence-corrected chi connectivity index (χ4v) is 1.46. The lowest BCUT2D eigenvalue weighted by Gasteiger charge is -2.17. The van der Waals surface area contributed by atoms with E-state index >= 15 is 0 Å². The summed E-state index contributed by atoms with van der Waals surface area (Å²) in [6.45, 7) is 0. The molecule has 0 spiro atoms. The Bertz CT molecular complexity index is 349. The van der Waals surface area contributed by atoms with E-state index in [1.54, 1.807) is 0 Å². The van der Waals surface area contributed by atoms with Gasteiger partial charge in [0.2, 0.25) is 0 Å². The number of allylic oxidation sites excluding steroid dienone is 3. The van der Waals surface area contributed by atoms with Gasteiger partial charge in [-0.05, 0) is 12.0 Å². The van der Waals surface area contributed by atoms with Crippen LogP contribution in [0.5, 0.6) is 0 Å². The van der Waals surface area contributed by atoms with Crippen LogP contribution >= 0.6 is 0 Å². The van der Waals surface area contributed by atoms with Crippen LogP contribution in [0.4, 0.5) is 13.2 Å². The van der Waals surface area contributed by atoms with Gasteiger partial charge in [0.25, 0.3) is 0 Å². The number of hydrogen-bond donors (Lipinski definition) is 2. The van der Waals surface area contributed by atoms with Gasteiger partial charge in [-0.1, -0.05) is 0 Å². The zero-order valence-corrected chi connectivity index (χ0v) is 8.29. The van der Waals surface area contributed by atoms with Crippen LogP contribution in [0.25, 0.3) is 0 Å². The van der Waals surface area contributed by atoms with Crippen LogP contribution in [0.2, 0.25) is 0 Å². The molecule has 0 saturated heterocycles. The monoisotopic (exact) mass is 236 g/mol. The fourth-order valence-electron chi connectivity index (χ4n) is 1.46. The van der Waals surface area contributed by atoms with Crippen molar-refractivity contribution in [1.82, 2.24) is 0 Å². The molecule has 0 radical (unpaired) electrons. The summed E-state index contributed by atoms with van der Waals surface area (Å²) in [4.78, 5) is 10.2. The van der Waals surface area contributed by atoms with Crippen LogP contribution in [-0.4, -0.2) is 28.5 Å². The van der Waals surface area contributed by atoms with E-state index in [9.17, 15) is 23.1 Å². The maximum atomic E-state index is 13.1. The molecule has 6 heteroatoms. The molecule has 1 rings (SSSR count). The average Bonchev–Trinajstić information content (AvgIpc) is 2.12. The Morgan fingerprint density at radius 1 is 1.56 bits per heavy atom. The maximum Gasteiger partial charge on any atom is 0.305 e. The van der Waals surface area contributed by atoms with Crippen molar-refractivity contribution in [3.05, 3.63) is 23.3 Å². The summed E-state index contributed by atoms with van der Waals surface area (Å²) in [6.07, 6.45) is -4.11. The topological polar surface area (TPSA) is 57.5 Å². The first kappa shape index (κ1) is 12.8. The van der Waals surface area contributed by atoms with Crippen molar-refractivity contribution in [3.63, 3.8) is 0 Å². The minimum atomic E-state index is -1.91. The first-order valence-electron chi connectivity index (χ1n) is 4.68. The highest BCUT2D eigenvalue weighted by molar-refractivity contribution is 5.67. The van der Waals surface area contributed by atoms with Crippen molar-refractivity contribution in [2.24, 2.45) is 0 Å². The van der Waals surface area contributed by atoms with Crippen LogP contribution in [0.3, 0.4) is 0 Å². The normalized spacial score (nSPS) is 23.0. The van der Waals surface area contributed by atoms with Crippen LogP contribution < -0.4 is 0 Å². The standard InChI is InChI=1S/C10H11F3O3/c11-7-4-9(13)8(12)2-5(7)1-6(14)3-10(15)16/h4,6,8,14H,1-3H2,(H,15,16). The summed E-state index contributed by atoms with van der Waals surface area (Å²) in [7, 11) is 0. The molecule has 3 nitrogen and oxygen atoms in total. The van der Waals surface area contributed by atoms with Gasteiger partial charge in [0.15, 0.2) is 6.17 Å². The second-order valence-corrected chi connectivity index (χ2v) is 3.61. The zero-order chi connectivity index (χ0) is 12.3. The van der Waals surface area contributed by atoms with Crippen molar-refractivity contribution in [2.45, 2.75) is 31.5 Å². The molecule has 0 fully saturated rings. The lowest BCUT2D eigenvalue weighted by molar-refractivity contribution is -0.139. The third-order valence-electron chi connectivity index (χ3n) is 2.22. The molecule has 90 valence electrons. The number of rotatable bonds is 4. The summed E-state index contributed by atoms with van der Waals surface area (Å²) in [5.41, 5.74) is -0.0948. The van der Waals surface area contributed by atoms with E-state index < -0.39 is 42.7 Å². The SMILES string of the molecule is O=C(O)CC(O)CC1=C(F)C=C(F)C(F)C1. The molecule has 0 aromatic rings. The van der Waals surface area contributed by atoms with Gasteiger partial charge in [-0.3, -0.25) is 4.79 Å². The van der Waals surface area contributed by atoms with Gasteiger partial charge >= 0.3 is 5.97 Å². The van der Waals surface area contributed by atoms with E-state index in [2.05, 4.69) is 0 Å². The molecule has 2 unspecified atom stereocenters. The number of carboxylic acid groups (broad SMARTS) is 1. The van der Waals surface area contributed by atoms with Gasteiger partial charge in [0, 0.05) is 12.5 Å². The molecule has 0 aliphatic heterocycles. The Balaban J connectivity index is 2.67. The number of hydrogen-bond acceptors (Lipinski definition) is 2. The van der Waals surface area contributed by atoms with Crippen molar-refractivity contribution < 1.29 is 28.2 Å². The molecule has 2 atom stereocenters. The second kappa shape index (κ2) is 5.16. The summed E-state index contributed by atoms with van der Waals surface area (Å²) in [5, 5.41) is 17.6. The predicted molar refractivity (Wildman–Crippen MR) is 49.7 cm³/mol. The summed E-state index contributed by atoms with van der Waals surface area (Å²) in [5.74, 6) is -3.35. The molecule has 0 amide bonds. The van der Waals surface area contributed by atoms with Crippen molar-refractivity contribution in [3.8, 4) is 0 Å². The van der Waals surface area contributed by atoms with Crippen molar-refractivity contribution >= 4 is 5.97 Å². The van der Waals surface area contributed by atoms with E-state index in [0.29, 0.717) is 6.08 Å². The van der Waals surface area contributed by atoms with Gasteiger partial charge in [0.1, 0.15) is 11.7 Å². The molecule has 1 aliphatic carbocycles. The third kappa shape index (κ3) is 3.37. The van der Waals surface area contributed by atoms with Crippen LogP contribution in [0, 0.1) is 0 Å². The Morgan fingerprint density at radius 3 is 2.75 bits per heavy atom. The van der Waals surface area contributed by atoms with E-state index in [0.717, 1.165) is 0 Å². The maximum absolute atomic E-state index is 13.1. The average molecular weight is 236 g/mol. The first-order valence-corrected chi connectivity index (χ1v) is 4.68. The number of aliphatic hydroxyl groups excluding tert-OH is 1. The molecule has 0 heterocycles. The molecule has 0 aromatic heterocycles. The Labute approximate surface area is 89.9 Å². The number of carboxylic acids is 1. The quantitative estimate of drug-likeness (QED) is 0.785. The van der Waals surface area contributed by atoms with Gasteiger partial charge < -0.3 is 10.2 Å². The highest BCUT2D eigenvalue weighted by Crippen LogP contribution is 2.31. The highest BCUT2D eigenvalue weighted by atomic mass is 19.2. The number of aliphatic hydroxyl groups is 1. The van der Waals surface area contributed by atoms with Crippen LogP contribution in [0.15, 0.2) is 23.3 Å². The highest BCUT2D eigenvalue weighted by Gasteiger charge is 2.25. The first-order chi connectivity index (χ1) is 7.40. The largest absolute Gasteiger partial charge is 0.481 e. The molecule has 0 aromatic carbocycles. The number of aliphatic carboxylic acids is 1. The fraction of sp³-hybridized carbons (Fsp3) is 0.500. The van der Waals surface area contributed by atoms with E-state index in [4.69, 9.17) is 5.11 Å². The van der Waals surface area contributed by atoms with Crippen LogP contribution in [0.1, 0.15) is 19.3 Å². The minimum absolute atomic E-state index is 0.0948. The van der Waals surface area contributed by atoms with Gasteiger partial charge in [-0.25, -0.2) is 13.2 Å². The smallest absolute Gasteiger partial charge is 0.305 e. The van der Waals surface area contributed by atoms with Gasteiger partial charge in [-0.15, -0.1) is 0 Å². The zero-order valence-electron chi connectivity index (χ0n) is 8.29. The third-order valence-corrected chi connectivity index (χ3v) is 2.22. The van der Waals surface area contributed by atoms with E-state index in [1.807, 2.05) is 0 Å². The van der Waals surface area contributed by atoms with Gasteiger partial charge in [-0.2, -0.15) is 0 Å². The molecule has 16 heavy (non-hydrogen) atoms. The van der Waals surface area contributed by atoms with Crippen molar-refractivity contribution in [2.75, 3.05) is 0 Å². The molecule has 1 aliphatic rings. The second-order valence-electron chi connectivity index (χ2n) is 3.61. The molecule has 0 saturated carbocycles. The van der Waals surface area contributed by atoms with E-state index in [-0.39, 0.29) is 12.0 Å². The Morgan fingerprint density at radius 2 is 2.19 bits per heavy atom. The Hall–Kier alpha value is -1.30. The van der Waals surface area contributed by atoms with E-state index in [1.165, 1.54) is 0 Å². The lowest BCUT2D eigenvalue weighted by Crippen LogP contribution is -2.17. The number of halogens is 3. The predicted octanol–water partition coefficient (Wildman–Crippen LogP) is 2.03. The molecular weight excluding hydrogens is 225 g/mol. The summed E-state index contributed by atoms with van der Waals surface area (Å²) >= 11 is 0. The molecule has 2 N–H and O–H groups in total. The minimum Gasteiger partial charge on any atom is -0.481 e. The van der Waals surface area contributed by atoms with Gasteiger partial charge in [0.05, 0.1) is 12.5 Å². The van der Waals surface area contributed by atoms with Crippen LogP contribution in [-0.2, 0) is 4.79 Å². The summed E-state index contributed by atoms with van der Waals surface area (Å²) in [6, 6.07) is 0. The summed E-state index contributed by atoms with van der Waals surface area (Å²) < 4.78 is 38.6. The lowest BCUT2D eigenvalue weighted by atomic mass is 9.95. The number of alkyl halides is 1. The Kier molecular flexibility index (Phi) is 4.12. The molecule has 0 bridgehead atoms. The molecular formula is C10H11F3O3.